The minimum Gasteiger partial charge on any atom is -0.396 e. The van der Waals surface area contributed by atoms with E-state index >= 15 is 0 Å². The third-order valence-electron chi connectivity index (χ3n) is 4.59. The zero-order valence-electron chi connectivity index (χ0n) is 10.5. The molecule has 0 aliphatic heterocycles. The molecule has 0 saturated heterocycles. The summed E-state index contributed by atoms with van der Waals surface area (Å²) < 4.78 is 0. The lowest BCUT2D eigenvalue weighted by molar-refractivity contribution is -0.124. The summed E-state index contributed by atoms with van der Waals surface area (Å²) in [6.07, 6.45) is 4.13. The fourth-order valence-corrected chi connectivity index (χ4v) is 2.86. The van der Waals surface area contributed by atoms with Gasteiger partial charge in [0.05, 0.1) is 6.61 Å². The van der Waals surface area contributed by atoms with Gasteiger partial charge in [-0.1, -0.05) is 27.2 Å². The average Bonchev–Trinajstić information content (AvgIpc) is 2.70. The van der Waals surface area contributed by atoms with E-state index < -0.39 is 0 Å². The van der Waals surface area contributed by atoms with Crippen LogP contribution in [-0.2, 0) is 4.79 Å². The second-order valence-electron chi connectivity index (χ2n) is 6.51. The molecule has 0 aromatic rings. The fraction of sp³-hybridized carbons (Fsp3) is 0.923. The largest absolute Gasteiger partial charge is 0.396 e. The highest BCUT2D eigenvalue weighted by atomic mass is 16.3. The second kappa shape index (κ2) is 3.73. The van der Waals surface area contributed by atoms with Crippen molar-refractivity contribution >= 4 is 5.91 Å². The molecule has 3 nitrogen and oxygen atoms in total. The third kappa shape index (κ3) is 1.97. The number of aliphatic hydroxyl groups is 1. The maximum atomic E-state index is 12.0. The Balaban J connectivity index is 1.93. The van der Waals surface area contributed by atoms with Crippen LogP contribution >= 0.6 is 0 Å². The summed E-state index contributed by atoms with van der Waals surface area (Å²) in [6, 6.07) is 0.168. The van der Waals surface area contributed by atoms with E-state index in [0.29, 0.717) is 0 Å². The summed E-state index contributed by atoms with van der Waals surface area (Å²) in [5.41, 5.74) is 0.0903. The van der Waals surface area contributed by atoms with Gasteiger partial charge in [0.15, 0.2) is 0 Å². The van der Waals surface area contributed by atoms with Gasteiger partial charge < -0.3 is 10.4 Å². The van der Waals surface area contributed by atoms with E-state index in [1.807, 2.05) is 0 Å². The molecule has 2 fully saturated rings. The van der Waals surface area contributed by atoms with Gasteiger partial charge in [0.2, 0.25) is 5.91 Å². The standard InChI is InChI=1S/C13H23NO2/c1-12(2)7-9(12)11(16)14-10-5-4-6-13(10,3)8-15/h9-10,15H,4-8H2,1-3H3,(H,14,16). The number of amides is 1. The van der Waals surface area contributed by atoms with Crippen molar-refractivity contribution in [3.8, 4) is 0 Å². The van der Waals surface area contributed by atoms with Crippen LogP contribution in [0.15, 0.2) is 0 Å². The van der Waals surface area contributed by atoms with Gasteiger partial charge in [-0.15, -0.1) is 0 Å². The Morgan fingerprint density at radius 3 is 2.56 bits per heavy atom. The van der Waals surface area contributed by atoms with Gasteiger partial charge in [0.25, 0.3) is 0 Å². The molecule has 0 heterocycles. The summed E-state index contributed by atoms with van der Waals surface area (Å²) >= 11 is 0. The van der Waals surface area contributed by atoms with Crippen LogP contribution in [0.2, 0.25) is 0 Å². The molecule has 2 N–H and O–H groups in total. The first-order chi connectivity index (χ1) is 7.39. The third-order valence-corrected chi connectivity index (χ3v) is 4.59. The smallest absolute Gasteiger partial charge is 0.223 e. The van der Waals surface area contributed by atoms with E-state index in [-0.39, 0.29) is 35.3 Å². The number of carbonyl (C=O) groups is 1. The number of nitrogens with one attached hydrogen (secondary N) is 1. The molecule has 0 aromatic heterocycles. The van der Waals surface area contributed by atoms with Crippen LogP contribution in [0.25, 0.3) is 0 Å². The Kier molecular flexibility index (Phi) is 2.77. The molecule has 3 heteroatoms. The van der Waals surface area contributed by atoms with Crippen molar-refractivity contribution in [2.75, 3.05) is 6.61 Å². The monoisotopic (exact) mass is 225 g/mol. The molecule has 2 rings (SSSR count). The van der Waals surface area contributed by atoms with E-state index in [1.54, 1.807) is 0 Å². The van der Waals surface area contributed by atoms with Crippen LogP contribution < -0.4 is 5.32 Å². The van der Waals surface area contributed by atoms with E-state index in [2.05, 4.69) is 26.1 Å². The zero-order valence-corrected chi connectivity index (χ0v) is 10.5. The first kappa shape index (κ1) is 11.9. The molecule has 3 atom stereocenters. The molecule has 0 radical (unpaired) electrons. The number of carbonyl (C=O) groups excluding carboxylic acids is 1. The van der Waals surface area contributed by atoms with Crippen molar-refractivity contribution in [2.45, 2.75) is 52.5 Å². The lowest BCUT2D eigenvalue weighted by atomic mass is 9.85. The molecule has 1 amide bonds. The van der Waals surface area contributed by atoms with Crippen molar-refractivity contribution in [2.24, 2.45) is 16.7 Å². The molecule has 0 bridgehead atoms. The minimum absolute atomic E-state index is 0.102. The average molecular weight is 225 g/mol. The maximum Gasteiger partial charge on any atom is 0.223 e. The number of hydrogen-bond donors (Lipinski definition) is 2. The van der Waals surface area contributed by atoms with Gasteiger partial charge in [0.1, 0.15) is 0 Å². The maximum absolute atomic E-state index is 12.0. The second-order valence-corrected chi connectivity index (χ2v) is 6.51. The molecule has 0 spiro atoms. The molecule has 2 saturated carbocycles. The Hall–Kier alpha value is -0.570. The summed E-state index contributed by atoms with van der Waals surface area (Å²) in [7, 11) is 0. The van der Waals surface area contributed by atoms with Gasteiger partial charge in [-0.05, 0) is 24.7 Å². The Morgan fingerprint density at radius 1 is 1.44 bits per heavy atom. The molecule has 2 aliphatic carbocycles. The van der Waals surface area contributed by atoms with E-state index in [9.17, 15) is 9.90 Å². The quantitative estimate of drug-likeness (QED) is 0.768. The van der Waals surface area contributed by atoms with Crippen LogP contribution in [0.4, 0.5) is 0 Å². The van der Waals surface area contributed by atoms with Crippen LogP contribution in [0.3, 0.4) is 0 Å². The van der Waals surface area contributed by atoms with Crippen LogP contribution in [0, 0.1) is 16.7 Å². The Morgan fingerprint density at radius 2 is 2.06 bits per heavy atom. The van der Waals surface area contributed by atoms with Crippen molar-refractivity contribution in [3.63, 3.8) is 0 Å². The molecule has 92 valence electrons. The first-order valence-electron chi connectivity index (χ1n) is 6.30. The van der Waals surface area contributed by atoms with Crippen molar-refractivity contribution in [1.82, 2.24) is 5.32 Å². The predicted molar refractivity (Wildman–Crippen MR) is 62.9 cm³/mol. The number of rotatable bonds is 3. The summed E-state index contributed by atoms with van der Waals surface area (Å²) in [6.45, 7) is 6.52. The number of aliphatic hydroxyl groups excluding tert-OH is 1. The van der Waals surface area contributed by atoms with E-state index in [1.165, 1.54) is 0 Å². The Bertz CT molecular complexity index is 300. The normalized spacial score (nSPS) is 40.8. The topological polar surface area (TPSA) is 49.3 Å². The van der Waals surface area contributed by atoms with Crippen LogP contribution in [-0.4, -0.2) is 23.7 Å². The highest BCUT2D eigenvalue weighted by molar-refractivity contribution is 5.82. The van der Waals surface area contributed by atoms with E-state index in [0.717, 1.165) is 25.7 Å². The molecular formula is C13H23NO2. The summed E-state index contributed by atoms with van der Waals surface area (Å²) in [5.74, 6) is 0.382. The zero-order chi connectivity index (χ0) is 12.0. The Labute approximate surface area is 97.6 Å². The lowest BCUT2D eigenvalue weighted by Crippen LogP contribution is -2.45. The molecule has 2 aliphatic rings. The first-order valence-corrected chi connectivity index (χ1v) is 6.30. The van der Waals surface area contributed by atoms with Crippen molar-refractivity contribution in [3.05, 3.63) is 0 Å². The van der Waals surface area contributed by atoms with E-state index in [4.69, 9.17) is 0 Å². The highest BCUT2D eigenvalue weighted by Gasteiger charge is 2.51. The van der Waals surface area contributed by atoms with Gasteiger partial charge in [0, 0.05) is 17.4 Å². The van der Waals surface area contributed by atoms with Gasteiger partial charge in [-0.2, -0.15) is 0 Å². The molecular weight excluding hydrogens is 202 g/mol. The molecule has 16 heavy (non-hydrogen) atoms. The SMILES string of the molecule is CC1(C)CC1C(=O)NC1CCCC1(C)CO. The van der Waals surface area contributed by atoms with Crippen LogP contribution in [0.5, 0.6) is 0 Å². The summed E-state index contributed by atoms with van der Waals surface area (Å²) in [4.78, 5) is 12.0. The summed E-state index contributed by atoms with van der Waals surface area (Å²) in [5, 5.41) is 12.6. The predicted octanol–water partition coefficient (Wildman–Crippen LogP) is 1.70. The van der Waals surface area contributed by atoms with Crippen LogP contribution in [0.1, 0.15) is 46.5 Å². The minimum atomic E-state index is -0.102. The highest BCUT2D eigenvalue weighted by Crippen LogP contribution is 2.52. The van der Waals surface area contributed by atoms with Gasteiger partial charge in [-0.3, -0.25) is 4.79 Å². The van der Waals surface area contributed by atoms with Gasteiger partial charge >= 0.3 is 0 Å². The van der Waals surface area contributed by atoms with Crippen molar-refractivity contribution < 1.29 is 9.90 Å². The van der Waals surface area contributed by atoms with Crippen molar-refractivity contribution in [1.29, 1.82) is 0 Å². The molecule has 0 aromatic carbocycles. The van der Waals surface area contributed by atoms with Gasteiger partial charge in [-0.25, -0.2) is 0 Å². The lowest BCUT2D eigenvalue weighted by Gasteiger charge is -2.30. The molecule has 3 unspecified atom stereocenters. The number of hydrogen-bond acceptors (Lipinski definition) is 2. The fourth-order valence-electron chi connectivity index (χ4n) is 2.86.